The van der Waals surface area contributed by atoms with Gasteiger partial charge in [0.1, 0.15) is 6.33 Å². The quantitative estimate of drug-likeness (QED) is 0.940. The summed E-state index contributed by atoms with van der Waals surface area (Å²) < 4.78 is 1.85. The van der Waals surface area contributed by atoms with Crippen molar-refractivity contribution >= 4 is 17.5 Å². The molecule has 23 heavy (non-hydrogen) atoms. The first-order valence-corrected chi connectivity index (χ1v) is 7.44. The molecule has 3 rings (SSSR count). The average Bonchev–Trinajstić information content (AvgIpc) is 2.75. The molecule has 1 aliphatic heterocycles. The first kappa shape index (κ1) is 15.1. The van der Waals surface area contributed by atoms with E-state index in [2.05, 4.69) is 10.4 Å². The summed E-state index contributed by atoms with van der Waals surface area (Å²) in [7, 11) is 0. The van der Waals surface area contributed by atoms with E-state index >= 15 is 0 Å². The summed E-state index contributed by atoms with van der Waals surface area (Å²) in [6.45, 7) is 1.85. The molecule has 2 heterocycles. The summed E-state index contributed by atoms with van der Waals surface area (Å²) in [5.41, 5.74) is 4.80. The van der Waals surface area contributed by atoms with Crippen molar-refractivity contribution in [3.63, 3.8) is 0 Å². The molecule has 0 saturated carbocycles. The van der Waals surface area contributed by atoms with Gasteiger partial charge in [-0.25, -0.2) is 4.98 Å². The minimum atomic E-state index is -0.272. The molecule has 5 nitrogen and oxygen atoms in total. The molecule has 1 aromatic carbocycles. The van der Waals surface area contributed by atoms with Crippen LogP contribution in [0.15, 0.2) is 67.3 Å². The van der Waals surface area contributed by atoms with Crippen LogP contribution in [0.4, 0.5) is 0 Å². The Hall–Kier alpha value is -2.79. The number of benzene rings is 1. The lowest BCUT2D eigenvalue weighted by molar-refractivity contribution is 0.0881. The number of halogens is 1. The Balaban J connectivity index is 1.81. The van der Waals surface area contributed by atoms with Crippen molar-refractivity contribution in [2.75, 3.05) is 0 Å². The highest BCUT2D eigenvalue weighted by Crippen LogP contribution is 2.17. The number of hydrogen-bond acceptors (Lipinski definition) is 3. The average molecular weight is 327 g/mol. The lowest BCUT2D eigenvalue weighted by Gasteiger charge is -2.15. The maximum Gasteiger partial charge on any atom is 0.290 e. The summed E-state index contributed by atoms with van der Waals surface area (Å²) in [5.74, 6) is -0.272. The van der Waals surface area contributed by atoms with E-state index in [4.69, 9.17) is 11.6 Å². The maximum atomic E-state index is 12.4. The number of carbonyl (C=O) groups excluding carboxylic acids is 1. The first-order chi connectivity index (χ1) is 11.1. The van der Waals surface area contributed by atoms with Gasteiger partial charge in [0.25, 0.3) is 5.91 Å². The molecule has 0 atom stereocenters. The summed E-state index contributed by atoms with van der Waals surface area (Å²) in [4.78, 5) is 16.6. The number of allylic oxidation sites excluding steroid dienone is 4. The molecular formula is C17H15ClN4O. The molecule has 0 aliphatic carbocycles. The highest BCUT2D eigenvalue weighted by molar-refractivity contribution is 6.30. The van der Waals surface area contributed by atoms with Crippen molar-refractivity contribution in [2.45, 2.75) is 6.92 Å². The molecule has 1 aromatic heterocycles. The molecule has 0 saturated heterocycles. The van der Waals surface area contributed by atoms with Gasteiger partial charge in [-0.05, 0) is 43.3 Å². The zero-order valence-electron chi connectivity index (χ0n) is 12.5. The van der Waals surface area contributed by atoms with Gasteiger partial charge < -0.3 is 4.57 Å². The van der Waals surface area contributed by atoms with Crippen LogP contribution in [0.5, 0.6) is 0 Å². The zero-order chi connectivity index (χ0) is 16.2. The monoisotopic (exact) mass is 326 g/mol. The van der Waals surface area contributed by atoms with Crippen molar-refractivity contribution in [3.8, 4) is 5.69 Å². The summed E-state index contributed by atoms with van der Waals surface area (Å²) in [6.07, 6.45) is 12.6. The predicted molar refractivity (Wildman–Crippen MR) is 90.0 cm³/mol. The highest BCUT2D eigenvalue weighted by Gasteiger charge is 2.16. The van der Waals surface area contributed by atoms with Crippen LogP contribution in [0, 0.1) is 6.92 Å². The number of imidazole rings is 1. The zero-order valence-corrected chi connectivity index (χ0v) is 13.2. The topological polar surface area (TPSA) is 50.2 Å². The van der Waals surface area contributed by atoms with E-state index in [1.807, 2.05) is 47.9 Å². The predicted octanol–water partition coefficient (Wildman–Crippen LogP) is 3.38. The van der Waals surface area contributed by atoms with Gasteiger partial charge in [0.05, 0.1) is 5.69 Å². The summed E-state index contributed by atoms with van der Waals surface area (Å²) in [5, 5.41) is 2.25. The number of hydrazine groups is 1. The lowest BCUT2D eigenvalue weighted by Crippen LogP contribution is -2.35. The van der Waals surface area contributed by atoms with Gasteiger partial charge in [0.15, 0.2) is 5.69 Å². The normalized spacial score (nSPS) is 13.2. The molecular weight excluding hydrogens is 312 g/mol. The Morgan fingerprint density at radius 1 is 1.09 bits per heavy atom. The van der Waals surface area contributed by atoms with Crippen LogP contribution in [-0.2, 0) is 0 Å². The van der Waals surface area contributed by atoms with Gasteiger partial charge in [-0.3, -0.25) is 15.2 Å². The Bertz CT molecular complexity index is 787. The molecule has 0 unspecified atom stereocenters. The summed E-state index contributed by atoms with van der Waals surface area (Å²) >= 11 is 5.90. The molecule has 0 spiro atoms. The SMILES string of the molecule is Cc1c(C(=O)NN2C=CC=CC=C2)ncn1-c1ccc(Cl)cc1. The standard InChI is InChI=1S/C17H15ClN4O/c1-13-16(17(23)20-21-10-4-2-3-5-11-21)19-12-22(13)15-8-6-14(18)7-9-15/h2-12H,1H3,(H,20,23). The largest absolute Gasteiger partial charge is 0.303 e. The first-order valence-electron chi connectivity index (χ1n) is 7.06. The van der Waals surface area contributed by atoms with Crippen LogP contribution in [0.2, 0.25) is 5.02 Å². The fourth-order valence-electron chi connectivity index (χ4n) is 2.20. The van der Waals surface area contributed by atoms with Crippen LogP contribution >= 0.6 is 11.6 Å². The van der Waals surface area contributed by atoms with Crippen molar-refractivity contribution in [1.29, 1.82) is 0 Å². The molecule has 1 N–H and O–H groups in total. The lowest BCUT2D eigenvalue weighted by atomic mass is 10.3. The van der Waals surface area contributed by atoms with E-state index in [0.29, 0.717) is 10.7 Å². The second kappa shape index (κ2) is 6.54. The van der Waals surface area contributed by atoms with E-state index in [1.54, 1.807) is 35.9 Å². The van der Waals surface area contributed by atoms with Crippen LogP contribution in [0.25, 0.3) is 5.69 Å². The van der Waals surface area contributed by atoms with Gasteiger partial charge in [-0.2, -0.15) is 0 Å². The second-order valence-corrected chi connectivity index (χ2v) is 5.38. The van der Waals surface area contributed by atoms with Crippen molar-refractivity contribution in [1.82, 2.24) is 20.0 Å². The molecule has 116 valence electrons. The fourth-order valence-corrected chi connectivity index (χ4v) is 2.33. The van der Waals surface area contributed by atoms with Crippen LogP contribution in [0.1, 0.15) is 16.2 Å². The van der Waals surface area contributed by atoms with Crippen molar-refractivity contribution in [2.24, 2.45) is 0 Å². The van der Waals surface area contributed by atoms with E-state index in [0.717, 1.165) is 11.4 Å². The van der Waals surface area contributed by atoms with E-state index in [1.165, 1.54) is 0 Å². The Labute approximate surface area is 139 Å². The third-order valence-electron chi connectivity index (χ3n) is 3.38. The van der Waals surface area contributed by atoms with Crippen molar-refractivity contribution in [3.05, 3.63) is 83.7 Å². The minimum absolute atomic E-state index is 0.272. The fraction of sp³-hybridized carbons (Fsp3) is 0.0588. The van der Waals surface area contributed by atoms with Crippen molar-refractivity contribution < 1.29 is 4.79 Å². The van der Waals surface area contributed by atoms with Gasteiger partial charge >= 0.3 is 0 Å². The van der Waals surface area contributed by atoms with Crippen LogP contribution in [-0.4, -0.2) is 20.5 Å². The van der Waals surface area contributed by atoms with Gasteiger partial charge in [-0.1, -0.05) is 23.8 Å². The van der Waals surface area contributed by atoms with E-state index in [9.17, 15) is 4.79 Å². The Morgan fingerprint density at radius 2 is 1.74 bits per heavy atom. The smallest absolute Gasteiger partial charge is 0.290 e. The number of nitrogens with one attached hydrogen (secondary N) is 1. The second-order valence-electron chi connectivity index (χ2n) is 4.94. The number of carbonyl (C=O) groups is 1. The Kier molecular flexibility index (Phi) is 4.30. The molecule has 6 heteroatoms. The highest BCUT2D eigenvalue weighted by atomic mass is 35.5. The molecule has 1 amide bonds. The number of nitrogens with zero attached hydrogens (tertiary/aromatic N) is 3. The summed E-state index contributed by atoms with van der Waals surface area (Å²) in [6, 6.07) is 7.36. The molecule has 0 fully saturated rings. The molecule has 2 aromatic rings. The molecule has 1 aliphatic rings. The van der Waals surface area contributed by atoms with Crippen LogP contribution in [0.3, 0.4) is 0 Å². The maximum absolute atomic E-state index is 12.4. The van der Waals surface area contributed by atoms with Crippen LogP contribution < -0.4 is 5.43 Å². The van der Waals surface area contributed by atoms with Gasteiger partial charge in [-0.15, -0.1) is 0 Å². The Morgan fingerprint density at radius 3 is 2.39 bits per heavy atom. The number of hydrogen-bond donors (Lipinski definition) is 1. The molecule has 0 radical (unpaired) electrons. The van der Waals surface area contributed by atoms with E-state index < -0.39 is 0 Å². The van der Waals surface area contributed by atoms with E-state index in [-0.39, 0.29) is 5.91 Å². The third kappa shape index (κ3) is 3.35. The number of aromatic nitrogens is 2. The number of amides is 1. The van der Waals surface area contributed by atoms with Gasteiger partial charge in [0, 0.05) is 23.1 Å². The third-order valence-corrected chi connectivity index (χ3v) is 3.64. The molecule has 0 bridgehead atoms. The number of rotatable bonds is 3. The minimum Gasteiger partial charge on any atom is -0.303 e. The van der Waals surface area contributed by atoms with Gasteiger partial charge in [0.2, 0.25) is 0 Å².